The number of nitrogens with one attached hydrogen (secondary N) is 1. The summed E-state index contributed by atoms with van der Waals surface area (Å²) in [4.78, 5) is 26.2. The molecular formula is C17H24N2O2. The van der Waals surface area contributed by atoms with E-state index in [0.29, 0.717) is 6.54 Å². The topological polar surface area (TPSA) is 49.4 Å². The van der Waals surface area contributed by atoms with Crippen molar-refractivity contribution in [3.05, 3.63) is 29.8 Å². The summed E-state index contributed by atoms with van der Waals surface area (Å²) in [5.41, 5.74) is 1.84. The molecule has 0 aliphatic heterocycles. The molecule has 1 saturated carbocycles. The van der Waals surface area contributed by atoms with Gasteiger partial charge in [0, 0.05) is 18.2 Å². The lowest BCUT2D eigenvalue weighted by Gasteiger charge is -2.31. The third-order valence-corrected chi connectivity index (χ3v) is 4.01. The molecule has 4 heteroatoms. The van der Waals surface area contributed by atoms with Crippen LogP contribution in [-0.4, -0.2) is 29.8 Å². The Morgan fingerprint density at radius 2 is 2.00 bits per heavy atom. The molecule has 0 atom stereocenters. The van der Waals surface area contributed by atoms with Crippen molar-refractivity contribution in [3.8, 4) is 0 Å². The first-order chi connectivity index (χ1) is 10.1. The summed E-state index contributed by atoms with van der Waals surface area (Å²) in [5.74, 6) is 0.163. The molecule has 114 valence electrons. The molecule has 2 amide bonds. The number of amides is 2. The largest absolute Gasteiger partial charge is 0.333 e. The van der Waals surface area contributed by atoms with Crippen molar-refractivity contribution in [1.29, 1.82) is 0 Å². The van der Waals surface area contributed by atoms with Crippen molar-refractivity contribution in [1.82, 2.24) is 4.90 Å². The molecule has 0 radical (unpaired) electrons. The van der Waals surface area contributed by atoms with Crippen molar-refractivity contribution in [2.24, 2.45) is 5.92 Å². The maximum Gasteiger partial charge on any atom is 0.244 e. The van der Waals surface area contributed by atoms with Gasteiger partial charge >= 0.3 is 0 Å². The minimum absolute atomic E-state index is 0.120. The standard InChI is InChI=1S/C17H24N2O2/c1-3-11-19(17(21)14-8-6-9-14)12-16(20)18-15-10-5-4-7-13(15)2/h4-5,7,10,14H,3,6,8-9,11-12H2,1-2H3,(H,18,20). The first-order valence-corrected chi connectivity index (χ1v) is 7.76. The van der Waals surface area contributed by atoms with Gasteiger partial charge in [0.15, 0.2) is 0 Å². The van der Waals surface area contributed by atoms with Crippen LogP contribution >= 0.6 is 0 Å². The number of rotatable bonds is 6. The third-order valence-electron chi connectivity index (χ3n) is 4.01. The van der Waals surface area contributed by atoms with E-state index in [4.69, 9.17) is 0 Å². The molecule has 1 aliphatic rings. The summed E-state index contributed by atoms with van der Waals surface area (Å²) in [7, 11) is 0. The van der Waals surface area contributed by atoms with Crippen molar-refractivity contribution >= 4 is 17.5 Å². The van der Waals surface area contributed by atoms with Gasteiger partial charge in [-0.2, -0.15) is 0 Å². The second-order valence-corrected chi connectivity index (χ2v) is 5.75. The maximum atomic E-state index is 12.3. The van der Waals surface area contributed by atoms with E-state index in [1.165, 1.54) is 0 Å². The van der Waals surface area contributed by atoms with Crippen molar-refractivity contribution in [2.75, 3.05) is 18.4 Å². The number of para-hydroxylation sites is 1. The average molecular weight is 288 g/mol. The zero-order chi connectivity index (χ0) is 15.2. The van der Waals surface area contributed by atoms with Crippen LogP contribution < -0.4 is 5.32 Å². The fourth-order valence-electron chi connectivity index (χ4n) is 2.53. The molecular weight excluding hydrogens is 264 g/mol. The second kappa shape index (κ2) is 7.25. The molecule has 0 saturated heterocycles. The normalized spacial score (nSPS) is 14.4. The summed E-state index contributed by atoms with van der Waals surface area (Å²) >= 11 is 0. The van der Waals surface area contributed by atoms with Crippen LogP contribution in [0, 0.1) is 12.8 Å². The van der Waals surface area contributed by atoms with Crippen LogP contribution in [-0.2, 0) is 9.59 Å². The van der Waals surface area contributed by atoms with Gasteiger partial charge in [-0.1, -0.05) is 31.5 Å². The number of hydrogen-bond acceptors (Lipinski definition) is 2. The third kappa shape index (κ3) is 4.06. The van der Waals surface area contributed by atoms with Gasteiger partial charge in [0.25, 0.3) is 0 Å². The predicted octanol–water partition coefficient (Wildman–Crippen LogP) is 2.97. The maximum absolute atomic E-state index is 12.3. The predicted molar refractivity (Wildman–Crippen MR) is 84.0 cm³/mol. The fourth-order valence-corrected chi connectivity index (χ4v) is 2.53. The second-order valence-electron chi connectivity index (χ2n) is 5.75. The first-order valence-electron chi connectivity index (χ1n) is 7.76. The van der Waals surface area contributed by atoms with Crippen molar-refractivity contribution < 1.29 is 9.59 Å². The molecule has 2 rings (SSSR count). The van der Waals surface area contributed by atoms with E-state index in [2.05, 4.69) is 5.32 Å². The van der Waals surface area contributed by atoms with Crippen molar-refractivity contribution in [2.45, 2.75) is 39.5 Å². The lowest BCUT2D eigenvalue weighted by Crippen LogP contribution is -2.43. The Hall–Kier alpha value is -1.84. The Bertz CT molecular complexity index is 509. The molecule has 1 aromatic rings. The average Bonchev–Trinajstić information content (AvgIpc) is 2.39. The van der Waals surface area contributed by atoms with Gasteiger partial charge in [-0.15, -0.1) is 0 Å². The van der Waals surface area contributed by atoms with Crippen LogP contribution in [0.25, 0.3) is 0 Å². The summed E-state index contributed by atoms with van der Waals surface area (Å²) in [5, 5.41) is 2.90. The van der Waals surface area contributed by atoms with Gasteiger partial charge in [0.2, 0.25) is 11.8 Å². The van der Waals surface area contributed by atoms with Gasteiger partial charge in [-0.3, -0.25) is 9.59 Å². The van der Waals surface area contributed by atoms with E-state index in [-0.39, 0.29) is 24.3 Å². The zero-order valence-electron chi connectivity index (χ0n) is 12.9. The quantitative estimate of drug-likeness (QED) is 0.875. The van der Waals surface area contributed by atoms with Crippen LogP contribution in [0.1, 0.15) is 38.2 Å². The smallest absolute Gasteiger partial charge is 0.244 e. The monoisotopic (exact) mass is 288 g/mol. The minimum atomic E-state index is -0.120. The van der Waals surface area contributed by atoms with Gasteiger partial charge in [0.05, 0.1) is 6.54 Å². The molecule has 1 fully saturated rings. The van der Waals surface area contributed by atoms with E-state index in [0.717, 1.165) is 36.9 Å². The van der Waals surface area contributed by atoms with E-state index in [1.54, 1.807) is 4.90 Å². The summed E-state index contributed by atoms with van der Waals surface area (Å²) < 4.78 is 0. The highest BCUT2D eigenvalue weighted by molar-refractivity contribution is 5.95. The minimum Gasteiger partial charge on any atom is -0.333 e. The number of carbonyl (C=O) groups excluding carboxylic acids is 2. The molecule has 21 heavy (non-hydrogen) atoms. The van der Waals surface area contributed by atoms with Gasteiger partial charge in [-0.05, 0) is 37.8 Å². The highest BCUT2D eigenvalue weighted by atomic mass is 16.2. The SMILES string of the molecule is CCCN(CC(=O)Nc1ccccc1C)C(=O)C1CCC1. The number of anilines is 1. The molecule has 1 aliphatic carbocycles. The number of hydrogen-bond donors (Lipinski definition) is 1. The number of aryl methyl sites for hydroxylation is 1. The number of benzene rings is 1. The van der Waals surface area contributed by atoms with Gasteiger partial charge in [0.1, 0.15) is 0 Å². The lowest BCUT2D eigenvalue weighted by molar-refractivity contribution is -0.140. The summed E-state index contributed by atoms with van der Waals surface area (Å²) in [6.45, 7) is 4.78. The molecule has 4 nitrogen and oxygen atoms in total. The summed E-state index contributed by atoms with van der Waals surface area (Å²) in [6.07, 6.45) is 3.94. The van der Waals surface area contributed by atoms with Crippen molar-refractivity contribution in [3.63, 3.8) is 0 Å². The van der Waals surface area contributed by atoms with Crippen LogP contribution in [0.4, 0.5) is 5.69 Å². The molecule has 0 bridgehead atoms. The first kappa shape index (κ1) is 15.5. The molecule has 0 heterocycles. The van der Waals surface area contributed by atoms with Crippen LogP contribution in [0.3, 0.4) is 0 Å². The lowest BCUT2D eigenvalue weighted by atomic mass is 9.84. The van der Waals surface area contributed by atoms with Crippen LogP contribution in [0.15, 0.2) is 24.3 Å². The molecule has 1 N–H and O–H groups in total. The Morgan fingerprint density at radius 1 is 1.29 bits per heavy atom. The fraction of sp³-hybridized carbons (Fsp3) is 0.529. The van der Waals surface area contributed by atoms with Gasteiger partial charge < -0.3 is 10.2 Å². The van der Waals surface area contributed by atoms with E-state index >= 15 is 0 Å². The Labute approximate surface area is 126 Å². The van der Waals surface area contributed by atoms with E-state index < -0.39 is 0 Å². The van der Waals surface area contributed by atoms with Crippen LogP contribution in [0.2, 0.25) is 0 Å². The number of nitrogens with zero attached hydrogens (tertiary/aromatic N) is 1. The Balaban J connectivity index is 1.94. The highest BCUT2D eigenvalue weighted by Crippen LogP contribution is 2.28. The molecule has 1 aromatic carbocycles. The molecule has 0 spiro atoms. The van der Waals surface area contributed by atoms with E-state index in [1.807, 2.05) is 38.1 Å². The highest BCUT2D eigenvalue weighted by Gasteiger charge is 2.29. The van der Waals surface area contributed by atoms with Gasteiger partial charge in [-0.25, -0.2) is 0 Å². The summed E-state index contributed by atoms with van der Waals surface area (Å²) in [6, 6.07) is 7.67. The Morgan fingerprint density at radius 3 is 2.57 bits per heavy atom. The zero-order valence-corrected chi connectivity index (χ0v) is 12.9. The van der Waals surface area contributed by atoms with E-state index in [9.17, 15) is 9.59 Å². The number of carbonyl (C=O) groups is 2. The van der Waals surface area contributed by atoms with Crippen LogP contribution in [0.5, 0.6) is 0 Å². The molecule has 0 aromatic heterocycles. The Kier molecular flexibility index (Phi) is 5.37. The molecule has 0 unspecified atom stereocenters.